The minimum Gasteiger partial charge on any atom is -0.515 e. The van der Waals surface area contributed by atoms with Crippen LogP contribution < -0.4 is 4.74 Å². The van der Waals surface area contributed by atoms with Gasteiger partial charge in [0.15, 0.2) is 0 Å². The number of aliphatic hydroxyl groups excluding tert-OH is 1. The lowest BCUT2D eigenvalue weighted by Gasteiger charge is -2.09. The van der Waals surface area contributed by atoms with E-state index in [2.05, 4.69) is 0 Å². The summed E-state index contributed by atoms with van der Waals surface area (Å²) in [6, 6.07) is 7.32. The van der Waals surface area contributed by atoms with Gasteiger partial charge in [0.25, 0.3) is 0 Å². The van der Waals surface area contributed by atoms with E-state index >= 15 is 0 Å². The van der Waals surface area contributed by atoms with Crippen LogP contribution in [0.4, 0.5) is 0 Å². The van der Waals surface area contributed by atoms with Crippen LogP contribution in [0.5, 0.6) is 5.75 Å². The zero-order chi connectivity index (χ0) is 12.7. The van der Waals surface area contributed by atoms with Crippen LogP contribution in [0.1, 0.15) is 12.5 Å². The Balaban J connectivity index is 2.85. The molecule has 0 aliphatic carbocycles. The lowest BCUT2D eigenvalue weighted by Crippen LogP contribution is -2.10. The fourth-order valence-corrected chi connectivity index (χ4v) is 1.45. The maximum Gasteiger partial charge on any atom is 0.337 e. The first kappa shape index (κ1) is 13.1. The van der Waals surface area contributed by atoms with Gasteiger partial charge in [-0.25, -0.2) is 4.79 Å². The molecule has 1 rings (SSSR count). The third kappa shape index (κ3) is 3.52. The molecule has 92 valence electrons. The van der Waals surface area contributed by atoms with E-state index in [9.17, 15) is 4.79 Å². The van der Waals surface area contributed by atoms with Gasteiger partial charge in [-0.2, -0.15) is 0 Å². The predicted molar refractivity (Wildman–Crippen MR) is 64.0 cm³/mol. The third-order valence-electron chi connectivity index (χ3n) is 2.27. The van der Waals surface area contributed by atoms with Gasteiger partial charge in [-0.1, -0.05) is 18.2 Å². The first-order valence-corrected chi connectivity index (χ1v) is 5.35. The summed E-state index contributed by atoms with van der Waals surface area (Å²) in [5.41, 5.74) is 1.03. The lowest BCUT2D eigenvalue weighted by atomic mass is 10.1. The summed E-state index contributed by atoms with van der Waals surface area (Å²) >= 11 is 0. The molecule has 0 aromatic heterocycles. The molecule has 4 heteroatoms. The lowest BCUT2D eigenvalue weighted by molar-refractivity contribution is -0.138. The first-order valence-electron chi connectivity index (χ1n) is 5.35. The van der Waals surface area contributed by atoms with E-state index in [4.69, 9.17) is 14.6 Å². The van der Waals surface area contributed by atoms with Crippen LogP contribution in [-0.4, -0.2) is 24.8 Å². The molecule has 1 N–H and O–H groups in total. The standard InChI is InChI=1S/C13H16O4/c1-3-17-13(15)11(9-14)8-10-6-4-5-7-12(10)16-2/h4-7,9,14H,3,8H2,1-2H3/b11-9+. The average Bonchev–Trinajstić information content (AvgIpc) is 2.36. The Morgan fingerprint density at radius 2 is 2.12 bits per heavy atom. The number of hydrogen-bond acceptors (Lipinski definition) is 4. The van der Waals surface area contributed by atoms with Gasteiger partial charge in [0.1, 0.15) is 5.75 Å². The SMILES string of the molecule is CCOC(=O)/C(=C/O)Cc1ccccc1OC. The van der Waals surface area contributed by atoms with E-state index < -0.39 is 5.97 Å². The number of aliphatic hydroxyl groups is 1. The minimum absolute atomic E-state index is 0.205. The second-order valence-corrected chi connectivity index (χ2v) is 3.36. The van der Waals surface area contributed by atoms with Crippen molar-refractivity contribution in [3.8, 4) is 5.75 Å². The van der Waals surface area contributed by atoms with Gasteiger partial charge in [-0.3, -0.25) is 0 Å². The van der Waals surface area contributed by atoms with Crippen molar-refractivity contribution in [1.82, 2.24) is 0 Å². The Bertz CT molecular complexity index is 410. The quantitative estimate of drug-likeness (QED) is 0.484. The third-order valence-corrected chi connectivity index (χ3v) is 2.27. The smallest absolute Gasteiger partial charge is 0.337 e. The molecule has 1 aromatic carbocycles. The molecule has 0 saturated carbocycles. The Morgan fingerprint density at radius 1 is 1.41 bits per heavy atom. The van der Waals surface area contributed by atoms with Crippen LogP contribution in [0.3, 0.4) is 0 Å². The molecule has 0 amide bonds. The van der Waals surface area contributed by atoms with Gasteiger partial charge in [0.2, 0.25) is 0 Å². The van der Waals surface area contributed by atoms with Crippen molar-refractivity contribution in [3.63, 3.8) is 0 Å². The Kier molecular flexibility index (Phi) is 5.07. The van der Waals surface area contributed by atoms with E-state index in [1.165, 1.54) is 0 Å². The van der Waals surface area contributed by atoms with Crippen molar-refractivity contribution in [2.45, 2.75) is 13.3 Å². The summed E-state index contributed by atoms with van der Waals surface area (Å²) < 4.78 is 10.0. The number of rotatable bonds is 5. The number of hydrogen-bond donors (Lipinski definition) is 1. The van der Waals surface area contributed by atoms with Crippen LogP contribution in [0.25, 0.3) is 0 Å². The van der Waals surface area contributed by atoms with Gasteiger partial charge in [-0.05, 0) is 18.6 Å². The van der Waals surface area contributed by atoms with E-state index in [1.54, 1.807) is 20.1 Å². The zero-order valence-corrected chi connectivity index (χ0v) is 9.97. The molecule has 0 aliphatic rings. The summed E-state index contributed by atoms with van der Waals surface area (Å²) in [6.45, 7) is 2.00. The van der Waals surface area contributed by atoms with E-state index in [-0.39, 0.29) is 18.6 Å². The largest absolute Gasteiger partial charge is 0.515 e. The molecule has 0 aliphatic heterocycles. The highest BCUT2D eigenvalue weighted by atomic mass is 16.5. The molecule has 4 nitrogen and oxygen atoms in total. The highest BCUT2D eigenvalue weighted by Crippen LogP contribution is 2.20. The van der Waals surface area contributed by atoms with Crippen LogP contribution in [0.2, 0.25) is 0 Å². The van der Waals surface area contributed by atoms with Crippen molar-refractivity contribution >= 4 is 5.97 Å². The van der Waals surface area contributed by atoms with Gasteiger partial charge in [0.05, 0.1) is 25.6 Å². The number of ether oxygens (including phenoxy) is 2. The van der Waals surface area contributed by atoms with Crippen LogP contribution in [0, 0.1) is 0 Å². The van der Waals surface area contributed by atoms with Crippen molar-refractivity contribution in [3.05, 3.63) is 41.7 Å². The zero-order valence-electron chi connectivity index (χ0n) is 9.97. The summed E-state index contributed by atoms with van der Waals surface area (Å²) in [6.07, 6.45) is 1.06. The fourth-order valence-electron chi connectivity index (χ4n) is 1.45. The molecule has 0 heterocycles. The minimum atomic E-state index is -0.513. The van der Waals surface area contributed by atoms with Crippen molar-refractivity contribution in [2.24, 2.45) is 0 Å². The van der Waals surface area contributed by atoms with E-state index in [0.29, 0.717) is 5.75 Å². The number of carbonyl (C=O) groups is 1. The monoisotopic (exact) mass is 236 g/mol. The maximum atomic E-state index is 11.5. The molecule has 0 radical (unpaired) electrons. The molecule has 0 spiro atoms. The van der Waals surface area contributed by atoms with E-state index in [0.717, 1.165) is 11.8 Å². The Hall–Kier alpha value is -1.97. The molecule has 17 heavy (non-hydrogen) atoms. The predicted octanol–water partition coefficient (Wildman–Crippen LogP) is 2.24. The number of carbonyl (C=O) groups excluding carboxylic acids is 1. The number of benzene rings is 1. The Morgan fingerprint density at radius 3 is 2.71 bits per heavy atom. The maximum absolute atomic E-state index is 11.5. The molecular formula is C13H16O4. The summed E-state index contributed by atoms with van der Waals surface area (Å²) in [5, 5.41) is 9.04. The molecule has 0 fully saturated rings. The van der Waals surface area contributed by atoms with Crippen LogP contribution in [-0.2, 0) is 16.0 Å². The van der Waals surface area contributed by atoms with Gasteiger partial charge in [0, 0.05) is 6.42 Å². The van der Waals surface area contributed by atoms with Gasteiger partial charge in [-0.15, -0.1) is 0 Å². The average molecular weight is 236 g/mol. The number of methoxy groups -OCH3 is 1. The number of esters is 1. The molecule has 1 aromatic rings. The van der Waals surface area contributed by atoms with Gasteiger partial charge < -0.3 is 14.6 Å². The summed E-state index contributed by atoms with van der Waals surface area (Å²) in [5.74, 6) is 0.164. The second kappa shape index (κ2) is 6.58. The first-order chi connectivity index (χ1) is 8.22. The number of para-hydroxylation sites is 1. The fraction of sp³-hybridized carbons (Fsp3) is 0.308. The second-order valence-electron chi connectivity index (χ2n) is 3.36. The van der Waals surface area contributed by atoms with Crippen LogP contribution in [0.15, 0.2) is 36.1 Å². The molecule has 0 saturated heterocycles. The normalized spacial score (nSPS) is 11.1. The molecule has 0 atom stereocenters. The highest BCUT2D eigenvalue weighted by molar-refractivity contribution is 5.88. The van der Waals surface area contributed by atoms with Crippen molar-refractivity contribution in [1.29, 1.82) is 0 Å². The van der Waals surface area contributed by atoms with Crippen molar-refractivity contribution in [2.75, 3.05) is 13.7 Å². The topological polar surface area (TPSA) is 55.8 Å². The van der Waals surface area contributed by atoms with Crippen molar-refractivity contribution < 1.29 is 19.4 Å². The summed E-state index contributed by atoms with van der Waals surface area (Å²) in [7, 11) is 1.56. The van der Waals surface area contributed by atoms with Crippen LogP contribution >= 0.6 is 0 Å². The highest BCUT2D eigenvalue weighted by Gasteiger charge is 2.13. The summed E-state index contributed by atoms with van der Waals surface area (Å²) in [4.78, 5) is 11.5. The van der Waals surface area contributed by atoms with E-state index in [1.807, 2.05) is 18.2 Å². The molecule has 0 unspecified atom stereocenters. The van der Waals surface area contributed by atoms with Gasteiger partial charge >= 0.3 is 5.97 Å². The Labute approximate surface area is 100 Å². The molecular weight excluding hydrogens is 220 g/mol. The molecule has 0 bridgehead atoms.